The molecule has 0 aliphatic rings. The number of nitrogens with zero attached hydrogens (tertiary/aromatic N) is 1. The van der Waals surface area contributed by atoms with E-state index in [0.29, 0.717) is 34.9 Å². The summed E-state index contributed by atoms with van der Waals surface area (Å²) in [4.78, 5) is 24.2. The second-order valence-corrected chi connectivity index (χ2v) is 5.94. The minimum absolute atomic E-state index is 0.418. The molecule has 0 fully saturated rings. The van der Waals surface area contributed by atoms with Crippen LogP contribution >= 0.6 is 0 Å². The van der Waals surface area contributed by atoms with Gasteiger partial charge < -0.3 is 19.5 Å². The third kappa shape index (κ3) is 6.40. The minimum atomic E-state index is -1.01. The van der Waals surface area contributed by atoms with Crippen LogP contribution in [0.15, 0.2) is 48.5 Å². The number of benzene rings is 2. The number of carbonyl (C=O) groups is 2. The highest BCUT2D eigenvalue weighted by molar-refractivity contribution is 5.96. The van der Waals surface area contributed by atoms with E-state index in [-0.39, 0.29) is 0 Å². The van der Waals surface area contributed by atoms with Gasteiger partial charge in [0.25, 0.3) is 5.91 Å². The fourth-order valence-corrected chi connectivity index (χ4v) is 2.40. The molecule has 150 valence electrons. The van der Waals surface area contributed by atoms with Crippen LogP contribution in [0, 0.1) is 11.3 Å². The van der Waals surface area contributed by atoms with Crippen LogP contribution in [-0.2, 0) is 14.3 Å². The molecule has 29 heavy (non-hydrogen) atoms. The lowest BCUT2D eigenvalue weighted by molar-refractivity contribution is -0.148. The van der Waals surface area contributed by atoms with Crippen LogP contribution in [-0.4, -0.2) is 31.7 Å². The molecule has 1 N–H and O–H groups in total. The molecule has 7 nitrogen and oxygen atoms in total. The van der Waals surface area contributed by atoms with Crippen molar-refractivity contribution in [1.29, 1.82) is 5.26 Å². The van der Waals surface area contributed by atoms with Crippen molar-refractivity contribution in [2.24, 2.45) is 0 Å². The van der Waals surface area contributed by atoms with Crippen molar-refractivity contribution in [2.75, 3.05) is 19.0 Å². The van der Waals surface area contributed by atoms with Gasteiger partial charge in [0.05, 0.1) is 25.3 Å². The predicted molar refractivity (Wildman–Crippen MR) is 109 cm³/mol. The quantitative estimate of drug-likeness (QED) is 0.543. The number of esters is 1. The van der Waals surface area contributed by atoms with Gasteiger partial charge in [-0.3, -0.25) is 4.79 Å². The van der Waals surface area contributed by atoms with Crippen LogP contribution < -0.4 is 14.8 Å². The Kier molecular flexibility index (Phi) is 7.80. The first-order valence-corrected chi connectivity index (χ1v) is 8.97. The Morgan fingerprint density at radius 2 is 2.00 bits per heavy atom. The number of ether oxygens (including phenoxy) is 3. The van der Waals surface area contributed by atoms with Crippen LogP contribution in [0.4, 0.5) is 5.69 Å². The second kappa shape index (κ2) is 10.5. The Hall–Kier alpha value is -3.79. The van der Waals surface area contributed by atoms with E-state index < -0.39 is 18.0 Å². The van der Waals surface area contributed by atoms with E-state index in [4.69, 9.17) is 19.5 Å². The first-order chi connectivity index (χ1) is 14.0. The number of hydrogen-bond donors (Lipinski definition) is 1. The number of hydrogen-bond acceptors (Lipinski definition) is 6. The maximum Gasteiger partial charge on any atom is 0.331 e. The highest BCUT2D eigenvalue weighted by Gasteiger charge is 2.17. The molecule has 0 aliphatic carbocycles. The summed E-state index contributed by atoms with van der Waals surface area (Å²) < 4.78 is 15.8. The minimum Gasteiger partial charge on any atom is -0.493 e. The molecule has 1 amide bonds. The van der Waals surface area contributed by atoms with Crippen molar-refractivity contribution < 1.29 is 23.8 Å². The fourth-order valence-electron chi connectivity index (χ4n) is 2.40. The van der Waals surface area contributed by atoms with E-state index in [1.165, 1.54) is 26.2 Å². The summed E-state index contributed by atoms with van der Waals surface area (Å²) in [6.07, 6.45) is 1.78. The Balaban J connectivity index is 1.95. The molecule has 0 aliphatic heterocycles. The third-order valence-corrected chi connectivity index (χ3v) is 3.82. The smallest absolute Gasteiger partial charge is 0.331 e. The molecule has 0 heterocycles. The molecule has 0 bridgehead atoms. The lowest BCUT2D eigenvalue weighted by Gasteiger charge is -2.12. The zero-order valence-electron chi connectivity index (χ0n) is 16.5. The van der Waals surface area contributed by atoms with Crippen LogP contribution in [0.2, 0.25) is 0 Å². The number of rotatable bonds is 8. The number of anilines is 1. The number of nitriles is 1. The van der Waals surface area contributed by atoms with Crippen molar-refractivity contribution >= 4 is 23.6 Å². The van der Waals surface area contributed by atoms with E-state index >= 15 is 0 Å². The molecule has 0 unspecified atom stereocenters. The Bertz CT molecular complexity index is 946. The number of carbonyl (C=O) groups excluding carboxylic acids is 2. The summed E-state index contributed by atoms with van der Waals surface area (Å²) in [5.41, 5.74) is 1.59. The molecular weight excluding hydrogens is 372 g/mol. The molecular formula is C22H22N2O5. The van der Waals surface area contributed by atoms with Crippen LogP contribution in [0.1, 0.15) is 25.0 Å². The molecule has 0 saturated carbocycles. The lowest BCUT2D eigenvalue weighted by atomic mass is 10.2. The lowest BCUT2D eigenvalue weighted by Crippen LogP contribution is -2.29. The van der Waals surface area contributed by atoms with E-state index in [0.717, 1.165) is 0 Å². The highest BCUT2D eigenvalue weighted by atomic mass is 16.5. The Labute approximate surface area is 169 Å². The van der Waals surface area contributed by atoms with Crippen molar-refractivity contribution in [2.45, 2.75) is 20.0 Å². The molecule has 0 radical (unpaired) electrons. The van der Waals surface area contributed by atoms with Crippen LogP contribution in [0.3, 0.4) is 0 Å². The molecule has 1 atom stereocenters. The van der Waals surface area contributed by atoms with Gasteiger partial charge in [-0.25, -0.2) is 4.79 Å². The molecule has 0 saturated heterocycles. The fraction of sp³-hybridized carbons (Fsp3) is 0.227. The third-order valence-electron chi connectivity index (χ3n) is 3.82. The van der Waals surface area contributed by atoms with Gasteiger partial charge in [-0.15, -0.1) is 0 Å². The van der Waals surface area contributed by atoms with Crippen molar-refractivity contribution in [3.8, 4) is 17.6 Å². The molecule has 0 aromatic heterocycles. The zero-order chi connectivity index (χ0) is 21.2. The maximum atomic E-state index is 12.2. The average molecular weight is 394 g/mol. The Morgan fingerprint density at radius 1 is 1.21 bits per heavy atom. The SMILES string of the molecule is CCOc1ccc(/C=C/C(=O)O[C@H](C)C(=O)Nc2cccc(C#N)c2)cc1OC. The average Bonchev–Trinajstić information content (AvgIpc) is 2.73. The summed E-state index contributed by atoms with van der Waals surface area (Å²) in [5, 5.41) is 11.5. The Morgan fingerprint density at radius 3 is 2.69 bits per heavy atom. The van der Waals surface area contributed by atoms with Gasteiger partial charge in [0.1, 0.15) is 0 Å². The van der Waals surface area contributed by atoms with Crippen molar-refractivity contribution in [1.82, 2.24) is 0 Å². The predicted octanol–water partition coefficient (Wildman–Crippen LogP) is 3.55. The molecule has 2 aromatic carbocycles. The van der Waals surface area contributed by atoms with Gasteiger partial charge in [-0.1, -0.05) is 12.1 Å². The van der Waals surface area contributed by atoms with Crippen LogP contribution in [0.5, 0.6) is 11.5 Å². The van der Waals surface area contributed by atoms with Crippen LogP contribution in [0.25, 0.3) is 6.08 Å². The van der Waals surface area contributed by atoms with E-state index in [1.807, 2.05) is 13.0 Å². The monoisotopic (exact) mass is 394 g/mol. The standard InChI is InChI=1S/C22H22N2O5/c1-4-28-19-10-8-16(13-20(19)27-3)9-11-21(25)29-15(2)22(26)24-18-7-5-6-17(12-18)14-23/h5-13,15H,4H2,1-3H3,(H,24,26)/b11-9+/t15-/m1/s1. The van der Waals surface area contributed by atoms with Gasteiger partial charge in [0.2, 0.25) is 0 Å². The van der Waals surface area contributed by atoms with Crippen molar-refractivity contribution in [3.63, 3.8) is 0 Å². The molecule has 2 aromatic rings. The second-order valence-electron chi connectivity index (χ2n) is 5.94. The topological polar surface area (TPSA) is 97.6 Å². The largest absolute Gasteiger partial charge is 0.493 e. The summed E-state index contributed by atoms with van der Waals surface area (Å²) in [7, 11) is 1.53. The number of amides is 1. The van der Waals surface area contributed by atoms with E-state index in [1.54, 1.807) is 42.5 Å². The summed E-state index contributed by atoms with van der Waals surface area (Å²) in [5.74, 6) is 0.00560. The number of methoxy groups -OCH3 is 1. The zero-order valence-corrected chi connectivity index (χ0v) is 16.5. The maximum absolute atomic E-state index is 12.2. The molecule has 0 spiro atoms. The summed E-state index contributed by atoms with van der Waals surface area (Å²) in [6, 6.07) is 13.7. The van der Waals surface area contributed by atoms with Gasteiger partial charge in [-0.2, -0.15) is 5.26 Å². The van der Waals surface area contributed by atoms with Gasteiger partial charge in [0.15, 0.2) is 17.6 Å². The van der Waals surface area contributed by atoms with Gasteiger partial charge in [-0.05, 0) is 55.8 Å². The van der Waals surface area contributed by atoms with Crippen molar-refractivity contribution in [3.05, 3.63) is 59.7 Å². The number of nitrogens with one attached hydrogen (secondary N) is 1. The van der Waals surface area contributed by atoms with Gasteiger partial charge in [0, 0.05) is 11.8 Å². The highest BCUT2D eigenvalue weighted by Crippen LogP contribution is 2.28. The summed E-state index contributed by atoms with van der Waals surface area (Å²) >= 11 is 0. The van der Waals surface area contributed by atoms with E-state index in [9.17, 15) is 9.59 Å². The van der Waals surface area contributed by atoms with Gasteiger partial charge >= 0.3 is 5.97 Å². The normalized spacial score (nSPS) is 11.4. The first kappa shape index (κ1) is 21.5. The molecule has 7 heteroatoms. The molecule has 2 rings (SSSR count). The first-order valence-electron chi connectivity index (χ1n) is 8.97. The summed E-state index contributed by atoms with van der Waals surface area (Å²) in [6.45, 7) is 3.86. The van der Waals surface area contributed by atoms with E-state index in [2.05, 4.69) is 5.32 Å².